The smallest absolute Gasteiger partial charge is 0.337 e. The first kappa shape index (κ1) is 16.7. The van der Waals surface area contributed by atoms with Gasteiger partial charge in [-0.1, -0.05) is 12.1 Å². The van der Waals surface area contributed by atoms with Gasteiger partial charge in [-0.05, 0) is 42.7 Å². The fourth-order valence-corrected chi connectivity index (χ4v) is 4.30. The van der Waals surface area contributed by atoms with Crippen LogP contribution in [-0.4, -0.2) is 40.4 Å². The molecule has 28 heavy (non-hydrogen) atoms. The van der Waals surface area contributed by atoms with Crippen LogP contribution in [-0.2, 0) is 4.74 Å². The van der Waals surface area contributed by atoms with Gasteiger partial charge in [-0.2, -0.15) is 0 Å². The number of methoxy groups -OCH3 is 1. The van der Waals surface area contributed by atoms with Crippen molar-refractivity contribution in [3.63, 3.8) is 0 Å². The van der Waals surface area contributed by atoms with E-state index in [1.54, 1.807) is 24.3 Å². The third kappa shape index (κ3) is 2.29. The highest BCUT2D eigenvalue weighted by Crippen LogP contribution is 2.44. The van der Waals surface area contributed by atoms with Crippen LogP contribution in [0.1, 0.15) is 45.2 Å². The predicted molar refractivity (Wildman–Crippen MR) is 102 cm³/mol. The fourth-order valence-electron chi connectivity index (χ4n) is 4.30. The Hall–Kier alpha value is -3.48. The van der Waals surface area contributed by atoms with Gasteiger partial charge in [-0.25, -0.2) is 9.78 Å². The Balaban J connectivity index is 1.69. The third-order valence-electron chi connectivity index (χ3n) is 5.55. The summed E-state index contributed by atoms with van der Waals surface area (Å²) in [5, 5.41) is 0. The number of hydrogen-bond donors (Lipinski definition) is 1. The summed E-state index contributed by atoms with van der Waals surface area (Å²) in [4.78, 5) is 46.5. The van der Waals surface area contributed by atoms with Crippen LogP contribution in [0.5, 0.6) is 0 Å². The van der Waals surface area contributed by atoms with Crippen LogP contribution < -0.4 is 5.56 Å². The van der Waals surface area contributed by atoms with Gasteiger partial charge >= 0.3 is 5.97 Å². The van der Waals surface area contributed by atoms with E-state index in [2.05, 4.69) is 9.97 Å². The summed E-state index contributed by atoms with van der Waals surface area (Å²) in [5.41, 5.74) is 3.55. The van der Waals surface area contributed by atoms with Gasteiger partial charge in [-0.15, -0.1) is 0 Å². The Bertz CT molecular complexity index is 1210. The Morgan fingerprint density at radius 3 is 2.86 bits per heavy atom. The van der Waals surface area contributed by atoms with E-state index in [4.69, 9.17) is 4.74 Å². The van der Waals surface area contributed by atoms with Crippen LogP contribution in [0.3, 0.4) is 0 Å². The molecule has 140 valence electrons. The van der Waals surface area contributed by atoms with Gasteiger partial charge in [0.15, 0.2) is 0 Å². The Morgan fingerprint density at radius 2 is 2.04 bits per heavy atom. The SMILES string of the molecule is COC(=O)c1ccc2nc(-c3cccc4c3C3CCCN3C4=O)c(=O)[nH]c2c1. The number of rotatable bonds is 2. The minimum atomic E-state index is -0.479. The van der Waals surface area contributed by atoms with E-state index in [-0.39, 0.29) is 23.2 Å². The van der Waals surface area contributed by atoms with Crippen molar-refractivity contribution >= 4 is 22.9 Å². The van der Waals surface area contributed by atoms with Gasteiger partial charge in [-0.3, -0.25) is 9.59 Å². The van der Waals surface area contributed by atoms with Gasteiger partial charge in [0.2, 0.25) is 0 Å². The van der Waals surface area contributed by atoms with Gasteiger partial charge < -0.3 is 14.6 Å². The lowest BCUT2D eigenvalue weighted by Crippen LogP contribution is -2.22. The van der Waals surface area contributed by atoms with Crippen molar-refractivity contribution in [2.45, 2.75) is 18.9 Å². The number of carbonyl (C=O) groups excluding carboxylic acids is 2. The van der Waals surface area contributed by atoms with Crippen LogP contribution in [0.2, 0.25) is 0 Å². The zero-order valence-electron chi connectivity index (χ0n) is 15.2. The largest absolute Gasteiger partial charge is 0.465 e. The molecule has 0 bridgehead atoms. The molecule has 3 heterocycles. The molecule has 1 N–H and O–H groups in total. The normalized spacial score (nSPS) is 17.7. The monoisotopic (exact) mass is 375 g/mol. The molecule has 1 amide bonds. The zero-order chi connectivity index (χ0) is 19.4. The van der Waals surface area contributed by atoms with E-state index in [1.165, 1.54) is 7.11 Å². The van der Waals surface area contributed by atoms with Crippen molar-refractivity contribution in [2.75, 3.05) is 13.7 Å². The van der Waals surface area contributed by atoms with Crippen molar-refractivity contribution in [3.05, 3.63) is 63.4 Å². The number of H-pyrrole nitrogens is 1. The van der Waals surface area contributed by atoms with Crippen LogP contribution in [0.4, 0.5) is 0 Å². The number of amides is 1. The molecule has 7 heteroatoms. The van der Waals surface area contributed by atoms with Crippen LogP contribution >= 0.6 is 0 Å². The van der Waals surface area contributed by atoms with Crippen molar-refractivity contribution in [1.29, 1.82) is 0 Å². The third-order valence-corrected chi connectivity index (χ3v) is 5.55. The number of aromatic amines is 1. The van der Waals surface area contributed by atoms with Crippen molar-refractivity contribution in [1.82, 2.24) is 14.9 Å². The lowest BCUT2D eigenvalue weighted by atomic mass is 9.94. The quantitative estimate of drug-likeness (QED) is 0.695. The van der Waals surface area contributed by atoms with Gasteiger partial charge in [0.05, 0.1) is 29.7 Å². The molecular formula is C21H17N3O4. The molecule has 1 aromatic heterocycles. The summed E-state index contributed by atoms with van der Waals surface area (Å²) in [6.07, 6.45) is 1.85. The molecule has 1 fully saturated rings. The van der Waals surface area contributed by atoms with Crippen molar-refractivity contribution in [2.24, 2.45) is 0 Å². The lowest BCUT2D eigenvalue weighted by molar-refractivity contribution is 0.0600. The second-order valence-corrected chi connectivity index (χ2v) is 7.06. The number of ether oxygens (including phenoxy) is 1. The van der Waals surface area contributed by atoms with Gasteiger partial charge in [0.1, 0.15) is 5.69 Å². The van der Waals surface area contributed by atoms with E-state index in [9.17, 15) is 14.4 Å². The standard InChI is InChI=1S/C21H17N3O4/c1-28-21(27)11-7-8-14-15(10-11)23-19(25)18(22-14)12-4-2-5-13-17(12)16-6-3-9-24(16)20(13)26/h2,4-5,7-8,10,16H,3,6,9H2,1H3,(H,23,25). The topological polar surface area (TPSA) is 92.4 Å². The summed E-state index contributed by atoms with van der Waals surface area (Å²) < 4.78 is 4.72. The molecule has 5 rings (SSSR count). The molecule has 2 aliphatic rings. The second kappa shape index (κ2) is 6.02. The minimum Gasteiger partial charge on any atom is -0.465 e. The predicted octanol–water partition coefficient (Wildman–Crippen LogP) is 2.67. The first-order valence-electron chi connectivity index (χ1n) is 9.15. The van der Waals surface area contributed by atoms with E-state index < -0.39 is 5.97 Å². The molecule has 2 aliphatic heterocycles. The molecule has 0 aliphatic carbocycles. The molecule has 2 aromatic carbocycles. The molecular weight excluding hydrogens is 358 g/mol. The molecule has 7 nitrogen and oxygen atoms in total. The van der Waals surface area contributed by atoms with Crippen LogP contribution in [0, 0.1) is 0 Å². The summed E-state index contributed by atoms with van der Waals surface area (Å²) >= 11 is 0. The number of fused-ring (bicyclic) bond motifs is 4. The maximum absolute atomic E-state index is 12.8. The Labute approximate surface area is 160 Å². The molecule has 1 unspecified atom stereocenters. The number of carbonyl (C=O) groups is 2. The second-order valence-electron chi connectivity index (χ2n) is 7.06. The maximum Gasteiger partial charge on any atom is 0.337 e. The minimum absolute atomic E-state index is 0.0114. The number of hydrogen-bond acceptors (Lipinski definition) is 5. The van der Waals surface area contributed by atoms with Crippen LogP contribution in [0.15, 0.2) is 41.2 Å². The number of nitrogens with one attached hydrogen (secondary N) is 1. The maximum atomic E-state index is 12.8. The average molecular weight is 375 g/mol. The number of aromatic nitrogens is 2. The van der Waals surface area contributed by atoms with Gasteiger partial charge in [0.25, 0.3) is 11.5 Å². The zero-order valence-corrected chi connectivity index (χ0v) is 15.2. The van der Waals surface area contributed by atoms with E-state index in [1.807, 2.05) is 17.0 Å². The van der Waals surface area contributed by atoms with E-state index in [0.29, 0.717) is 27.7 Å². The fraction of sp³-hybridized carbons (Fsp3) is 0.238. The lowest BCUT2D eigenvalue weighted by Gasteiger charge is -2.16. The van der Waals surface area contributed by atoms with E-state index >= 15 is 0 Å². The Morgan fingerprint density at radius 1 is 1.21 bits per heavy atom. The summed E-state index contributed by atoms with van der Waals surface area (Å²) in [6.45, 7) is 0.745. The highest BCUT2D eigenvalue weighted by Gasteiger charge is 2.41. The Kier molecular flexibility index (Phi) is 3.58. The first-order chi connectivity index (χ1) is 13.6. The summed E-state index contributed by atoms with van der Waals surface area (Å²) in [7, 11) is 1.31. The highest BCUT2D eigenvalue weighted by atomic mass is 16.5. The van der Waals surface area contributed by atoms with Crippen LogP contribution in [0.25, 0.3) is 22.3 Å². The average Bonchev–Trinajstić information content (AvgIpc) is 3.29. The number of benzene rings is 2. The first-order valence-corrected chi connectivity index (χ1v) is 9.15. The van der Waals surface area contributed by atoms with Gasteiger partial charge in [0, 0.05) is 17.7 Å². The highest BCUT2D eigenvalue weighted by molar-refractivity contribution is 6.01. The van der Waals surface area contributed by atoms with Crippen molar-refractivity contribution < 1.29 is 14.3 Å². The number of nitrogens with zero attached hydrogens (tertiary/aromatic N) is 2. The molecule has 0 radical (unpaired) electrons. The summed E-state index contributed by atoms with van der Waals surface area (Å²) in [6, 6.07) is 10.3. The van der Waals surface area contributed by atoms with Crippen molar-refractivity contribution in [3.8, 4) is 11.3 Å². The molecule has 1 saturated heterocycles. The molecule has 0 saturated carbocycles. The van der Waals surface area contributed by atoms with E-state index in [0.717, 1.165) is 24.9 Å². The summed E-state index contributed by atoms with van der Waals surface area (Å²) in [5.74, 6) is -0.452. The molecule has 0 spiro atoms. The number of esters is 1. The molecule has 1 atom stereocenters. The molecule has 3 aromatic rings.